The normalized spacial score (nSPS) is 18.0. The van der Waals surface area contributed by atoms with Gasteiger partial charge in [-0.25, -0.2) is 8.78 Å². The van der Waals surface area contributed by atoms with Gasteiger partial charge in [-0.2, -0.15) is 0 Å². The zero-order valence-electron chi connectivity index (χ0n) is 17.8. The fourth-order valence-corrected chi connectivity index (χ4v) is 4.32. The molecule has 2 heterocycles. The summed E-state index contributed by atoms with van der Waals surface area (Å²) in [6.07, 6.45) is 0.0883. The lowest BCUT2D eigenvalue weighted by Crippen LogP contribution is -2.46. The van der Waals surface area contributed by atoms with Gasteiger partial charge >= 0.3 is 0 Å². The molecule has 3 aromatic rings. The Bertz CT molecular complexity index is 1240. The maximum atomic E-state index is 14.2. The Labute approximate surface area is 194 Å². The van der Waals surface area contributed by atoms with Crippen LogP contribution in [0.1, 0.15) is 29.3 Å². The highest BCUT2D eigenvalue weighted by Crippen LogP contribution is 2.25. The van der Waals surface area contributed by atoms with Gasteiger partial charge in [-0.3, -0.25) is 14.4 Å². The second-order valence-corrected chi connectivity index (χ2v) is 8.40. The molecule has 6 nitrogen and oxygen atoms in total. The number of nitrogens with zero attached hydrogens (tertiary/aromatic N) is 2. The van der Waals surface area contributed by atoms with Crippen LogP contribution in [0.5, 0.6) is 0 Å². The van der Waals surface area contributed by atoms with E-state index in [1.807, 2.05) is 0 Å². The molecule has 0 spiro atoms. The van der Waals surface area contributed by atoms with E-state index < -0.39 is 29.8 Å². The van der Waals surface area contributed by atoms with Crippen molar-refractivity contribution < 1.29 is 23.2 Å². The van der Waals surface area contributed by atoms with Crippen LogP contribution in [0.15, 0.2) is 42.6 Å². The Kier molecular flexibility index (Phi) is 6.47. The van der Waals surface area contributed by atoms with Crippen molar-refractivity contribution >= 4 is 40.1 Å². The molecule has 0 bridgehead atoms. The minimum atomic E-state index is -1.35. The Morgan fingerprint density at radius 2 is 2.06 bits per heavy atom. The van der Waals surface area contributed by atoms with E-state index in [0.717, 1.165) is 0 Å². The van der Waals surface area contributed by atoms with Crippen LogP contribution in [-0.4, -0.2) is 45.8 Å². The average molecular weight is 473 g/mol. The number of Topliss-reactive ketones (excluding diaryl/α,β-unsaturated/α-hetero) is 1. The summed E-state index contributed by atoms with van der Waals surface area (Å²) in [7, 11) is 0. The minimum absolute atomic E-state index is 0.0651. The summed E-state index contributed by atoms with van der Waals surface area (Å²) in [6.45, 7) is 0.925. The summed E-state index contributed by atoms with van der Waals surface area (Å²) in [4.78, 5) is 39.0. The molecule has 2 amide bonds. The van der Waals surface area contributed by atoms with Crippen LogP contribution in [0, 0.1) is 11.9 Å². The maximum absolute atomic E-state index is 14.2. The molecule has 1 aliphatic rings. The second-order valence-electron chi connectivity index (χ2n) is 8.00. The van der Waals surface area contributed by atoms with Gasteiger partial charge in [-0.05, 0) is 31.2 Å². The van der Waals surface area contributed by atoms with Crippen LogP contribution in [0.4, 0.5) is 8.78 Å². The highest BCUT2D eigenvalue weighted by Gasteiger charge is 2.39. The molecule has 1 aliphatic heterocycles. The first-order valence-corrected chi connectivity index (χ1v) is 10.8. The average Bonchev–Trinajstić information content (AvgIpc) is 3.36. The molecule has 0 saturated carbocycles. The van der Waals surface area contributed by atoms with Gasteiger partial charge in [0.15, 0.2) is 5.78 Å². The molecule has 1 saturated heterocycles. The van der Waals surface area contributed by atoms with E-state index in [4.69, 9.17) is 11.6 Å². The van der Waals surface area contributed by atoms with Crippen molar-refractivity contribution in [3.63, 3.8) is 0 Å². The van der Waals surface area contributed by atoms with Gasteiger partial charge in [0.25, 0.3) is 0 Å². The van der Waals surface area contributed by atoms with Gasteiger partial charge in [0.05, 0.1) is 11.6 Å². The highest BCUT2D eigenvalue weighted by atomic mass is 35.5. The third-order valence-corrected chi connectivity index (χ3v) is 6.06. The molecular weight excluding hydrogens is 452 g/mol. The van der Waals surface area contributed by atoms with E-state index in [0.29, 0.717) is 16.5 Å². The number of nitrogens with one attached hydrogen (secondary N) is 1. The van der Waals surface area contributed by atoms with Crippen molar-refractivity contribution in [3.8, 4) is 0 Å². The Hall–Kier alpha value is -3.26. The number of aromatic nitrogens is 1. The molecule has 1 aromatic heterocycles. The summed E-state index contributed by atoms with van der Waals surface area (Å²) in [5.74, 6) is -1.81. The summed E-state index contributed by atoms with van der Waals surface area (Å²) in [5.41, 5.74) is 1.31. The fraction of sp³-hybridized carbons (Fsp3) is 0.292. The third kappa shape index (κ3) is 4.61. The molecule has 4 rings (SSSR count). The number of hydrogen-bond donors (Lipinski definition) is 1. The van der Waals surface area contributed by atoms with Crippen molar-refractivity contribution in [1.29, 1.82) is 0 Å². The number of benzene rings is 2. The van der Waals surface area contributed by atoms with Gasteiger partial charge in [0.1, 0.15) is 24.6 Å². The van der Waals surface area contributed by atoms with E-state index in [9.17, 15) is 23.2 Å². The minimum Gasteiger partial charge on any atom is -0.350 e. The van der Waals surface area contributed by atoms with Crippen molar-refractivity contribution in [2.45, 2.75) is 38.6 Å². The number of halogens is 3. The maximum Gasteiger partial charge on any atom is 0.243 e. The first-order valence-electron chi connectivity index (χ1n) is 10.4. The van der Waals surface area contributed by atoms with Crippen LogP contribution in [0.25, 0.3) is 10.9 Å². The second kappa shape index (κ2) is 9.31. The largest absolute Gasteiger partial charge is 0.350 e. The van der Waals surface area contributed by atoms with Crippen LogP contribution in [0.2, 0.25) is 5.02 Å². The summed E-state index contributed by atoms with van der Waals surface area (Å²) in [6, 6.07) is 11.4. The van der Waals surface area contributed by atoms with E-state index in [1.165, 1.54) is 24.0 Å². The number of alkyl halides is 1. The number of carbonyl (C=O) groups excluding carboxylic acids is 3. The number of fused-ring (bicyclic) bond motifs is 1. The molecule has 2 atom stereocenters. The first-order chi connectivity index (χ1) is 15.8. The van der Waals surface area contributed by atoms with Gasteiger partial charge in [0, 0.05) is 41.2 Å². The topological polar surface area (TPSA) is 71.4 Å². The predicted octanol–water partition coefficient (Wildman–Crippen LogP) is 3.69. The van der Waals surface area contributed by atoms with E-state index >= 15 is 0 Å². The van der Waals surface area contributed by atoms with Crippen LogP contribution < -0.4 is 5.32 Å². The number of rotatable bonds is 6. The van der Waals surface area contributed by atoms with E-state index in [-0.39, 0.29) is 42.4 Å². The SMILES string of the molecule is CC(=O)c1cn(CC(=O)N2C[C@H](F)C[C@H]2C(=O)NCc2cccc(Cl)c2F)c2cc[c]cc12. The molecule has 33 heavy (non-hydrogen) atoms. The molecule has 0 aliphatic carbocycles. The number of amides is 2. The molecule has 1 N–H and O–H groups in total. The van der Waals surface area contributed by atoms with Crippen molar-refractivity contribution in [1.82, 2.24) is 14.8 Å². The summed E-state index contributed by atoms with van der Waals surface area (Å²) >= 11 is 5.76. The van der Waals surface area contributed by atoms with Gasteiger partial charge < -0.3 is 14.8 Å². The van der Waals surface area contributed by atoms with Crippen molar-refractivity contribution in [2.24, 2.45) is 0 Å². The van der Waals surface area contributed by atoms with E-state index in [1.54, 1.807) is 35.0 Å². The zero-order chi connectivity index (χ0) is 23.7. The molecular formula is C24H21ClF2N3O3. The Morgan fingerprint density at radius 3 is 2.82 bits per heavy atom. The summed E-state index contributed by atoms with van der Waals surface area (Å²) in [5, 5.41) is 3.18. The van der Waals surface area contributed by atoms with Crippen molar-refractivity contribution in [2.75, 3.05) is 6.54 Å². The van der Waals surface area contributed by atoms with Gasteiger partial charge in [-0.1, -0.05) is 29.8 Å². The smallest absolute Gasteiger partial charge is 0.243 e. The molecule has 2 aromatic carbocycles. The predicted molar refractivity (Wildman–Crippen MR) is 119 cm³/mol. The molecule has 0 unspecified atom stereocenters. The lowest BCUT2D eigenvalue weighted by Gasteiger charge is -2.24. The van der Waals surface area contributed by atoms with E-state index in [2.05, 4.69) is 11.4 Å². The molecule has 171 valence electrons. The van der Waals surface area contributed by atoms with Crippen LogP contribution in [0.3, 0.4) is 0 Å². The zero-order valence-corrected chi connectivity index (χ0v) is 18.5. The quantitative estimate of drug-likeness (QED) is 0.556. The third-order valence-electron chi connectivity index (χ3n) is 5.77. The van der Waals surface area contributed by atoms with Crippen molar-refractivity contribution in [3.05, 3.63) is 70.6 Å². The number of ketones is 1. The van der Waals surface area contributed by atoms with Crippen LogP contribution in [-0.2, 0) is 22.7 Å². The van der Waals surface area contributed by atoms with Gasteiger partial charge in [0.2, 0.25) is 11.8 Å². The number of carbonyl (C=O) groups is 3. The molecule has 9 heteroatoms. The molecule has 1 fully saturated rings. The standard InChI is InChI=1S/C24H21ClF2N3O3/c1-14(31)18-12-29(20-8-3-2-6-17(18)20)13-22(32)30-11-16(26)9-21(30)24(33)28-10-15-5-4-7-19(25)23(15)27/h3-8,12,16,21H,9-11,13H2,1H3,(H,28,33)/t16-,21+/m1/s1. The summed E-state index contributed by atoms with van der Waals surface area (Å²) < 4.78 is 29.9. The number of hydrogen-bond acceptors (Lipinski definition) is 3. The Morgan fingerprint density at radius 1 is 1.27 bits per heavy atom. The Balaban J connectivity index is 1.50. The molecule has 1 radical (unpaired) electrons. The first kappa shape index (κ1) is 22.9. The number of likely N-dealkylation sites (tertiary alicyclic amines) is 1. The lowest BCUT2D eigenvalue weighted by molar-refractivity contribution is -0.139. The van der Waals surface area contributed by atoms with Crippen LogP contribution >= 0.6 is 11.6 Å². The van der Waals surface area contributed by atoms with Gasteiger partial charge in [-0.15, -0.1) is 0 Å². The fourth-order valence-electron chi connectivity index (χ4n) is 4.13. The monoisotopic (exact) mass is 472 g/mol. The lowest BCUT2D eigenvalue weighted by atomic mass is 10.1. The highest BCUT2D eigenvalue weighted by molar-refractivity contribution is 6.30.